The zero-order chi connectivity index (χ0) is 22.7. The molecule has 0 aliphatic carbocycles. The lowest BCUT2D eigenvalue weighted by atomic mass is 10.1. The number of amides is 1. The Morgan fingerprint density at radius 3 is 2.65 bits per heavy atom. The molecule has 1 atom stereocenters. The van der Waals surface area contributed by atoms with Gasteiger partial charge in [-0.05, 0) is 32.9 Å². The lowest BCUT2D eigenvalue weighted by Crippen LogP contribution is -2.55. The van der Waals surface area contributed by atoms with Crippen molar-refractivity contribution in [2.24, 2.45) is 0 Å². The number of aryl methyl sites for hydroxylation is 1. The number of rotatable bonds is 6. The molecule has 1 amide bonds. The van der Waals surface area contributed by atoms with Gasteiger partial charge in [0, 0.05) is 37.4 Å². The van der Waals surface area contributed by atoms with E-state index in [2.05, 4.69) is 10.00 Å². The number of carbonyl (C=O) groups excluding carboxylic acids is 2. The van der Waals surface area contributed by atoms with Crippen LogP contribution in [-0.2, 0) is 16.1 Å². The Morgan fingerprint density at radius 1 is 1.26 bits per heavy atom. The number of hydrogen-bond acceptors (Lipinski definition) is 6. The third-order valence-corrected chi connectivity index (χ3v) is 6.02. The standard InChI is InChI=1S/C21H26Cl2N4O4/c1-5-31-21(29)20-19(23)14(3)24-27(20)12-18(28)26-9-8-25(11-13(26)2)15-6-7-16(22)17(10-15)30-4/h6-7,10,13H,5,8-9,11-12H2,1-4H3/t13-/m0/s1. The van der Waals surface area contributed by atoms with E-state index in [0.717, 1.165) is 5.69 Å². The molecular formula is C21H26Cl2N4O4. The number of aromatic nitrogens is 2. The smallest absolute Gasteiger partial charge is 0.358 e. The maximum atomic E-state index is 13.0. The molecule has 3 rings (SSSR count). The van der Waals surface area contributed by atoms with Crippen LogP contribution in [0.4, 0.5) is 5.69 Å². The Labute approximate surface area is 191 Å². The number of piperazine rings is 1. The van der Waals surface area contributed by atoms with E-state index >= 15 is 0 Å². The third kappa shape index (κ3) is 4.91. The number of esters is 1. The van der Waals surface area contributed by atoms with Crippen LogP contribution in [0.2, 0.25) is 10.0 Å². The van der Waals surface area contributed by atoms with Crippen molar-refractivity contribution in [3.05, 3.63) is 39.6 Å². The van der Waals surface area contributed by atoms with E-state index in [1.807, 2.05) is 19.1 Å². The Balaban J connectivity index is 1.71. The van der Waals surface area contributed by atoms with Crippen molar-refractivity contribution < 1.29 is 19.1 Å². The minimum atomic E-state index is -0.588. The zero-order valence-corrected chi connectivity index (χ0v) is 19.5. The molecule has 1 aromatic heterocycles. The molecule has 1 aromatic carbocycles. The lowest BCUT2D eigenvalue weighted by Gasteiger charge is -2.41. The van der Waals surface area contributed by atoms with Crippen LogP contribution in [-0.4, -0.2) is 65.9 Å². The summed E-state index contributed by atoms with van der Waals surface area (Å²) >= 11 is 12.4. The van der Waals surface area contributed by atoms with Crippen LogP contribution in [0, 0.1) is 6.92 Å². The molecule has 2 aromatic rings. The highest BCUT2D eigenvalue weighted by molar-refractivity contribution is 6.34. The second kappa shape index (κ2) is 9.78. The van der Waals surface area contributed by atoms with Crippen molar-refractivity contribution >= 4 is 40.8 Å². The molecule has 0 bridgehead atoms. The average Bonchev–Trinajstić information content (AvgIpc) is 3.01. The molecule has 0 spiro atoms. The minimum absolute atomic E-state index is 0.0407. The van der Waals surface area contributed by atoms with Gasteiger partial charge in [-0.2, -0.15) is 5.10 Å². The highest BCUT2D eigenvalue weighted by Crippen LogP contribution is 2.30. The van der Waals surface area contributed by atoms with E-state index < -0.39 is 5.97 Å². The van der Waals surface area contributed by atoms with Gasteiger partial charge in [-0.3, -0.25) is 4.79 Å². The maximum absolute atomic E-state index is 13.0. The summed E-state index contributed by atoms with van der Waals surface area (Å²) in [6.45, 7) is 7.36. The van der Waals surface area contributed by atoms with Gasteiger partial charge >= 0.3 is 5.97 Å². The van der Waals surface area contributed by atoms with Crippen molar-refractivity contribution in [1.29, 1.82) is 0 Å². The van der Waals surface area contributed by atoms with Crippen LogP contribution in [0.15, 0.2) is 18.2 Å². The quantitative estimate of drug-likeness (QED) is 0.604. The fraction of sp³-hybridized carbons (Fsp3) is 0.476. The molecule has 0 N–H and O–H groups in total. The number of methoxy groups -OCH3 is 1. The van der Waals surface area contributed by atoms with Gasteiger partial charge in [0.05, 0.1) is 29.5 Å². The van der Waals surface area contributed by atoms with Crippen molar-refractivity contribution in [1.82, 2.24) is 14.7 Å². The highest BCUT2D eigenvalue weighted by atomic mass is 35.5. The van der Waals surface area contributed by atoms with Crippen LogP contribution < -0.4 is 9.64 Å². The minimum Gasteiger partial charge on any atom is -0.495 e. The molecule has 2 heterocycles. The predicted molar refractivity (Wildman–Crippen MR) is 119 cm³/mol. The number of carbonyl (C=O) groups is 2. The van der Waals surface area contributed by atoms with Gasteiger partial charge in [0.2, 0.25) is 5.91 Å². The summed E-state index contributed by atoms with van der Waals surface area (Å²) in [6, 6.07) is 5.60. The zero-order valence-electron chi connectivity index (χ0n) is 18.0. The van der Waals surface area contributed by atoms with Crippen molar-refractivity contribution in [3.8, 4) is 5.75 Å². The van der Waals surface area contributed by atoms with Crippen LogP contribution in [0.3, 0.4) is 0 Å². The van der Waals surface area contributed by atoms with Gasteiger partial charge in [-0.15, -0.1) is 0 Å². The average molecular weight is 469 g/mol. The number of benzene rings is 1. The molecule has 0 radical (unpaired) electrons. The molecule has 8 nitrogen and oxygen atoms in total. The summed E-state index contributed by atoms with van der Waals surface area (Å²) in [5.74, 6) is -0.108. The number of halogens is 2. The monoisotopic (exact) mass is 468 g/mol. The fourth-order valence-electron chi connectivity index (χ4n) is 3.70. The van der Waals surface area contributed by atoms with E-state index in [1.54, 1.807) is 31.9 Å². The maximum Gasteiger partial charge on any atom is 0.358 e. The first kappa shape index (κ1) is 23.2. The van der Waals surface area contributed by atoms with E-state index in [4.69, 9.17) is 32.7 Å². The highest BCUT2D eigenvalue weighted by Gasteiger charge is 2.30. The molecule has 31 heavy (non-hydrogen) atoms. The predicted octanol–water partition coefficient (Wildman–Crippen LogP) is 3.42. The molecule has 10 heteroatoms. The Kier molecular flexibility index (Phi) is 7.33. The van der Waals surface area contributed by atoms with Crippen molar-refractivity contribution in [3.63, 3.8) is 0 Å². The number of ether oxygens (including phenoxy) is 2. The molecule has 0 saturated carbocycles. The van der Waals surface area contributed by atoms with Gasteiger partial charge in [0.25, 0.3) is 0 Å². The fourth-order valence-corrected chi connectivity index (χ4v) is 4.10. The SMILES string of the molecule is CCOC(=O)c1c(Cl)c(C)nn1CC(=O)N1CCN(c2ccc(Cl)c(OC)c2)C[C@@H]1C. The summed E-state index contributed by atoms with van der Waals surface area (Å²) in [6.07, 6.45) is 0. The van der Waals surface area contributed by atoms with E-state index in [1.165, 1.54) is 4.68 Å². The first-order chi connectivity index (χ1) is 14.8. The largest absolute Gasteiger partial charge is 0.495 e. The summed E-state index contributed by atoms with van der Waals surface area (Å²) in [4.78, 5) is 29.3. The van der Waals surface area contributed by atoms with Gasteiger partial charge in [-0.25, -0.2) is 9.48 Å². The van der Waals surface area contributed by atoms with Crippen LogP contribution in [0.25, 0.3) is 0 Å². The van der Waals surface area contributed by atoms with Gasteiger partial charge < -0.3 is 19.3 Å². The summed E-state index contributed by atoms with van der Waals surface area (Å²) in [5.41, 5.74) is 1.57. The Morgan fingerprint density at radius 2 is 2.00 bits per heavy atom. The lowest BCUT2D eigenvalue weighted by molar-refractivity contribution is -0.134. The van der Waals surface area contributed by atoms with E-state index in [-0.39, 0.29) is 35.8 Å². The molecular weight excluding hydrogens is 443 g/mol. The molecule has 0 unspecified atom stereocenters. The van der Waals surface area contributed by atoms with Crippen LogP contribution >= 0.6 is 23.2 Å². The van der Waals surface area contributed by atoms with E-state index in [0.29, 0.717) is 36.1 Å². The molecule has 1 aliphatic heterocycles. The molecule has 168 valence electrons. The number of nitrogens with zero attached hydrogens (tertiary/aromatic N) is 4. The van der Waals surface area contributed by atoms with E-state index in [9.17, 15) is 9.59 Å². The third-order valence-electron chi connectivity index (χ3n) is 5.26. The number of anilines is 1. The molecule has 1 fully saturated rings. The summed E-state index contributed by atoms with van der Waals surface area (Å²) in [7, 11) is 1.58. The Hall–Kier alpha value is -2.45. The first-order valence-electron chi connectivity index (χ1n) is 10.0. The van der Waals surface area contributed by atoms with Gasteiger partial charge in [-0.1, -0.05) is 23.2 Å². The second-order valence-electron chi connectivity index (χ2n) is 7.33. The molecule has 1 aliphatic rings. The second-order valence-corrected chi connectivity index (χ2v) is 8.11. The first-order valence-corrected chi connectivity index (χ1v) is 10.8. The Bertz CT molecular complexity index is 979. The molecule has 1 saturated heterocycles. The normalized spacial score (nSPS) is 16.4. The topological polar surface area (TPSA) is 76.9 Å². The van der Waals surface area contributed by atoms with Crippen LogP contribution in [0.1, 0.15) is 30.0 Å². The van der Waals surface area contributed by atoms with Crippen LogP contribution in [0.5, 0.6) is 5.75 Å². The van der Waals surface area contributed by atoms with Gasteiger partial charge in [0.15, 0.2) is 5.69 Å². The van der Waals surface area contributed by atoms with Crippen molar-refractivity contribution in [2.45, 2.75) is 33.4 Å². The van der Waals surface area contributed by atoms with Gasteiger partial charge in [0.1, 0.15) is 12.3 Å². The summed E-state index contributed by atoms with van der Waals surface area (Å²) in [5, 5.41) is 5.03. The summed E-state index contributed by atoms with van der Waals surface area (Å²) < 4.78 is 11.7. The van der Waals surface area contributed by atoms with Crippen molar-refractivity contribution in [2.75, 3.05) is 38.3 Å². The number of hydrogen-bond donors (Lipinski definition) is 0.